The number of carbonyl (C=O) groups excluding carboxylic acids is 1. The fraction of sp³-hybridized carbons (Fsp3) is 0.409. The molecule has 162 valence electrons. The second-order valence-electron chi connectivity index (χ2n) is 7.51. The maximum absolute atomic E-state index is 13.0. The monoisotopic (exact) mass is 450 g/mol. The zero-order valence-electron chi connectivity index (χ0n) is 17.4. The van der Waals surface area contributed by atoms with Gasteiger partial charge in [0, 0.05) is 24.7 Å². The van der Waals surface area contributed by atoms with E-state index < -0.39 is 10.0 Å². The number of aryl methyl sites for hydroxylation is 2. The van der Waals surface area contributed by atoms with Crippen molar-refractivity contribution in [3.8, 4) is 5.75 Å². The summed E-state index contributed by atoms with van der Waals surface area (Å²) in [4.78, 5) is 12.8. The zero-order valence-corrected chi connectivity index (χ0v) is 19.0. The molecular formula is C22H27ClN2O4S. The van der Waals surface area contributed by atoms with E-state index >= 15 is 0 Å². The maximum atomic E-state index is 13.0. The highest BCUT2D eigenvalue weighted by molar-refractivity contribution is 7.89. The van der Waals surface area contributed by atoms with E-state index in [9.17, 15) is 13.2 Å². The first-order valence-corrected chi connectivity index (χ1v) is 11.8. The van der Waals surface area contributed by atoms with Gasteiger partial charge in [-0.2, -0.15) is 4.31 Å². The third-order valence-electron chi connectivity index (χ3n) is 5.32. The first-order chi connectivity index (χ1) is 14.2. The fourth-order valence-electron chi connectivity index (χ4n) is 3.53. The van der Waals surface area contributed by atoms with Crippen molar-refractivity contribution in [2.24, 2.45) is 5.92 Å². The molecule has 1 aliphatic heterocycles. The van der Waals surface area contributed by atoms with Gasteiger partial charge in [-0.3, -0.25) is 4.79 Å². The molecule has 0 spiro atoms. The van der Waals surface area contributed by atoms with Crippen LogP contribution in [0, 0.1) is 19.8 Å². The number of piperidine rings is 1. The van der Waals surface area contributed by atoms with Gasteiger partial charge in [0.15, 0.2) is 0 Å². The second kappa shape index (κ2) is 9.37. The summed E-state index contributed by atoms with van der Waals surface area (Å²) in [5.41, 5.74) is 2.88. The Hall–Kier alpha value is -2.09. The maximum Gasteiger partial charge on any atom is 0.243 e. The molecule has 2 aromatic carbocycles. The van der Waals surface area contributed by atoms with Gasteiger partial charge in [0.1, 0.15) is 5.75 Å². The van der Waals surface area contributed by atoms with Crippen LogP contribution in [0.15, 0.2) is 41.3 Å². The number of ether oxygens (including phenoxy) is 1. The summed E-state index contributed by atoms with van der Waals surface area (Å²) in [5.74, 6) is 0.171. The Morgan fingerprint density at radius 3 is 2.50 bits per heavy atom. The van der Waals surface area contributed by atoms with Crippen LogP contribution in [0.4, 0.5) is 5.69 Å². The highest BCUT2D eigenvalue weighted by Gasteiger charge is 2.32. The summed E-state index contributed by atoms with van der Waals surface area (Å²) < 4.78 is 32.8. The van der Waals surface area contributed by atoms with Gasteiger partial charge in [-0.05, 0) is 69.0 Å². The number of benzene rings is 2. The lowest BCUT2D eigenvalue weighted by Gasteiger charge is -2.30. The van der Waals surface area contributed by atoms with Crippen LogP contribution in [-0.2, 0) is 14.8 Å². The SMILES string of the molecule is CCOc1ccc(S(=O)(=O)N2CCC(C(=O)Nc3cc(C)ccc3C)CC2)cc1Cl. The van der Waals surface area contributed by atoms with Crippen molar-refractivity contribution >= 4 is 33.2 Å². The normalized spacial score (nSPS) is 15.7. The van der Waals surface area contributed by atoms with Crippen molar-refractivity contribution in [2.45, 2.75) is 38.5 Å². The summed E-state index contributed by atoms with van der Waals surface area (Å²) in [6.45, 7) is 6.79. The molecule has 0 saturated carbocycles. The van der Waals surface area contributed by atoms with Crippen LogP contribution in [0.25, 0.3) is 0 Å². The van der Waals surface area contributed by atoms with E-state index in [1.165, 1.54) is 16.4 Å². The molecule has 0 bridgehead atoms. The number of rotatable bonds is 6. The Kier molecular flexibility index (Phi) is 7.06. The standard InChI is InChI=1S/C22H27ClN2O4S/c1-4-29-21-8-7-18(14-19(21)23)30(27,28)25-11-9-17(10-12-25)22(26)24-20-13-15(2)5-6-16(20)3/h5-8,13-14,17H,4,9-12H2,1-3H3,(H,24,26). The molecule has 1 saturated heterocycles. The molecule has 2 aromatic rings. The number of sulfonamides is 1. The first-order valence-electron chi connectivity index (χ1n) is 10.0. The predicted molar refractivity (Wildman–Crippen MR) is 119 cm³/mol. The summed E-state index contributed by atoms with van der Waals surface area (Å²) in [5, 5.41) is 3.26. The van der Waals surface area contributed by atoms with Crippen LogP contribution < -0.4 is 10.1 Å². The molecular weight excluding hydrogens is 424 g/mol. The van der Waals surface area contributed by atoms with Crippen molar-refractivity contribution in [2.75, 3.05) is 25.0 Å². The van der Waals surface area contributed by atoms with E-state index in [0.717, 1.165) is 16.8 Å². The van der Waals surface area contributed by atoms with Gasteiger partial charge in [-0.1, -0.05) is 23.7 Å². The Balaban J connectivity index is 1.65. The van der Waals surface area contributed by atoms with Gasteiger partial charge < -0.3 is 10.1 Å². The quantitative estimate of drug-likeness (QED) is 0.707. The summed E-state index contributed by atoms with van der Waals surface area (Å²) in [6, 6.07) is 10.4. The van der Waals surface area contributed by atoms with E-state index in [1.807, 2.05) is 39.0 Å². The molecule has 1 fully saturated rings. The van der Waals surface area contributed by atoms with Crippen LogP contribution in [0.1, 0.15) is 30.9 Å². The van der Waals surface area contributed by atoms with Crippen LogP contribution >= 0.6 is 11.6 Å². The van der Waals surface area contributed by atoms with E-state index in [2.05, 4.69) is 5.32 Å². The highest BCUT2D eigenvalue weighted by Crippen LogP contribution is 2.31. The molecule has 1 amide bonds. The molecule has 3 rings (SSSR count). The van der Waals surface area contributed by atoms with Crippen molar-refractivity contribution in [3.63, 3.8) is 0 Å². The molecule has 0 aliphatic carbocycles. The first kappa shape index (κ1) is 22.6. The molecule has 0 radical (unpaired) electrons. The lowest BCUT2D eigenvalue weighted by atomic mass is 9.97. The Labute approximate surface area is 183 Å². The molecule has 30 heavy (non-hydrogen) atoms. The van der Waals surface area contributed by atoms with Gasteiger partial charge in [-0.25, -0.2) is 8.42 Å². The van der Waals surface area contributed by atoms with Crippen LogP contribution in [-0.4, -0.2) is 38.3 Å². The van der Waals surface area contributed by atoms with Crippen LogP contribution in [0.5, 0.6) is 5.75 Å². The van der Waals surface area contributed by atoms with E-state index in [-0.39, 0.29) is 34.8 Å². The van der Waals surface area contributed by atoms with Crippen molar-refractivity contribution in [1.82, 2.24) is 4.31 Å². The minimum atomic E-state index is -3.67. The number of nitrogens with zero attached hydrogens (tertiary/aromatic N) is 1. The minimum absolute atomic E-state index is 0.0649. The molecule has 8 heteroatoms. The summed E-state index contributed by atoms with van der Waals surface area (Å²) in [6.07, 6.45) is 0.946. The van der Waals surface area contributed by atoms with Crippen LogP contribution in [0.3, 0.4) is 0 Å². The van der Waals surface area contributed by atoms with E-state index in [0.29, 0.717) is 25.2 Å². The van der Waals surface area contributed by atoms with Crippen molar-refractivity contribution in [1.29, 1.82) is 0 Å². The lowest BCUT2D eigenvalue weighted by molar-refractivity contribution is -0.120. The fourth-order valence-corrected chi connectivity index (χ4v) is 5.32. The largest absolute Gasteiger partial charge is 0.492 e. The van der Waals surface area contributed by atoms with Crippen molar-refractivity contribution < 1.29 is 17.9 Å². The molecule has 1 N–H and O–H groups in total. The van der Waals surface area contributed by atoms with Gasteiger partial charge in [0.2, 0.25) is 15.9 Å². The predicted octanol–water partition coefficient (Wildman–Crippen LogP) is 4.39. The van der Waals surface area contributed by atoms with Crippen molar-refractivity contribution in [3.05, 3.63) is 52.5 Å². The number of hydrogen-bond acceptors (Lipinski definition) is 4. The number of carbonyl (C=O) groups is 1. The van der Waals surface area contributed by atoms with E-state index in [4.69, 9.17) is 16.3 Å². The number of anilines is 1. The third-order valence-corrected chi connectivity index (χ3v) is 7.51. The van der Waals surface area contributed by atoms with Crippen LogP contribution in [0.2, 0.25) is 5.02 Å². The summed E-state index contributed by atoms with van der Waals surface area (Å²) in [7, 11) is -3.67. The Bertz CT molecular complexity index is 1030. The second-order valence-corrected chi connectivity index (χ2v) is 9.86. The molecule has 1 aliphatic rings. The summed E-state index contributed by atoms with van der Waals surface area (Å²) >= 11 is 6.16. The van der Waals surface area contributed by atoms with E-state index in [1.54, 1.807) is 6.07 Å². The smallest absolute Gasteiger partial charge is 0.243 e. The number of halogens is 1. The Morgan fingerprint density at radius 1 is 1.17 bits per heavy atom. The third kappa shape index (κ3) is 4.96. The average molecular weight is 451 g/mol. The highest BCUT2D eigenvalue weighted by atomic mass is 35.5. The topological polar surface area (TPSA) is 75.7 Å². The van der Waals surface area contributed by atoms with Gasteiger partial charge in [-0.15, -0.1) is 0 Å². The molecule has 0 aromatic heterocycles. The lowest BCUT2D eigenvalue weighted by Crippen LogP contribution is -2.41. The molecule has 1 heterocycles. The number of hydrogen-bond donors (Lipinski definition) is 1. The number of nitrogens with one attached hydrogen (secondary N) is 1. The average Bonchev–Trinajstić information content (AvgIpc) is 2.72. The number of amides is 1. The zero-order chi connectivity index (χ0) is 21.9. The molecule has 0 atom stereocenters. The van der Waals surface area contributed by atoms with Gasteiger partial charge >= 0.3 is 0 Å². The molecule has 6 nitrogen and oxygen atoms in total. The molecule has 0 unspecified atom stereocenters. The van der Waals surface area contributed by atoms with Gasteiger partial charge in [0.05, 0.1) is 16.5 Å². The Morgan fingerprint density at radius 2 is 1.87 bits per heavy atom. The minimum Gasteiger partial charge on any atom is -0.492 e. The van der Waals surface area contributed by atoms with Gasteiger partial charge in [0.25, 0.3) is 0 Å².